The number of terminal acetylenes is 1. The maximum absolute atomic E-state index is 13.1. The van der Waals surface area contributed by atoms with Crippen LogP contribution in [-0.2, 0) is 17.8 Å². The van der Waals surface area contributed by atoms with E-state index in [1.807, 2.05) is 30.3 Å². The molecule has 3 rings (SSSR count). The Kier molecular flexibility index (Phi) is 9.63. The van der Waals surface area contributed by atoms with E-state index in [-0.39, 0.29) is 30.9 Å². The van der Waals surface area contributed by atoms with Crippen LogP contribution in [0.4, 0.5) is 17.3 Å². The van der Waals surface area contributed by atoms with Crippen LogP contribution in [0, 0.1) is 12.3 Å². The van der Waals surface area contributed by atoms with Gasteiger partial charge in [-0.3, -0.25) is 4.79 Å². The summed E-state index contributed by atoms with van der Waals surface area (Å²) in [6.45, 7) is 1.37. The van der Waals surface area contributed by atoms with Crippen molar-refractivity contribution in [3.8, 4) is 18.2 Å². The Labute approximate surface area is 212 Å². The largest absolute Gasteiger partial charge is 0.464 e. The molecule has 0 unspecified atom stereocenters. The molecule has 0 aliphatic rings. The lowest BCUT2D eigenvalue weighted by Gasteiger charge is -2.20. The summed E-state index contributed by atoms with van der Waals surface area (Å²) in [5.41, 5.74) is 2.51. The predicted octanol–water partition coefficient (Wildman–Crippen LogP) is 2.74. The Morgan fingerprint density at radius 3 is 2.66 bits per heavy atom. The fourth-order valence-electron chi connectivity index (χ4n) is 3.28. The van der Waals surface area contributed by atoms with Gasteiger partial charge in [-0.1, -0.05) is 36.3 Å². The number of aliphatic hydroxyl groups is 1. The molecule has 0 aliphatic heterocycles. The van der Waals surface area contributed by atoms with Crippen molar-refractivity contribution in [3.63, 3.8) is 0 Å². The van der Waals surface area contributed by atoms with Crippen LogP contribution < -0.4 is 20.6 Å². The molecular weight excluding hydrogens is 513 g/mol. The van der Waals surface area contributed by atoms with Crippen molar-refractivity contribution in [2.75, 3.05) is 17.2 Å². The molecule has 0 fully saturated rings. The molecule has 180 valence electrons. The molecule has 0 radical (unpaired) electrons. The second kappa shape index (κ2) is 12.9. The molecule has 11 heteroatoms. The zero-order valence-electron chi connectivity index (χ0n) is 19.0. The van der Waals surface area contributed by atoms with E-state index < -0.39 is 13.1 Å². The number of ether oxygens (including phenoxy) is 1. The van der Waals surface area contributed by atoms with Gasteiger partial charge in [0.1, 0.15) is 0 Å². The summed E-state index contributed by atoms with van der Waals surface area (Å²) in [7, 11) is -0.879. The van der Waals surface area contributed by atoms with Crippen LogP contribution in [-0.4, -0.2) is 45.7 Å². The van der Waals surface area contributed by atoms with E-state index in [9.17, 15) is 14.9 Å². The highest BCUT2D eigenvalue weighted by atomic mass is 79.9. The standard InChI is InChI=1S/C24H25BBrN5O4/c1-3-9-35-23-20(26)14-27-24(30-23)29-19-11-17(15-32)10-18(13-19)28-22(33)21(31-25(2)34)12-16-7-5-4-6-8-16/h1,4-8,10-11,13-14,21,31-32,34H,9,12,15H2,2H3,(H,28,33)(H,27,29,30)/t21-/m1/s1. The highest BCUT2D eigenvalue weighted by molar-refractivity contribution is 9.10. The Bertz CT molecular complexity index is 1190. The van der Waals surface area contributed by atoms with Crippen molar-refractivity contribution in [2.45, 2.75) is 25.9 Å². The van der Waals surface area contributed by atoms with Crippen LogP contribution in [0.1, 0.15) is 11.1 Å². The average Bonchev–Trinajstić information content (AvgIpc) is 2.84. The van der Waals surface area contributed by atoms with Crippen molar-refractivity contribution in [1.29, 1.82) is 0 Å². The minimum absolute atomic E-state index is 0.0515. The summed E-state index contributed by atoms with van der Waals surface area (Å²) >= 11 is 3.31. The van der Waals surface area contributed by atoms with Gasteiger partial charge in [-0.25, -0.2) is 4.98 Å². The third-order valence-corrected chi connectivity index (χ3v) is 5.29. The number of nitrogens with zero attached hydrogens (tertiary/aromatic N) is 2. The van der Waals surface area contributed by atoms with Gasteiger partial charge in [-0.2, -0.15) is 4.98 Å². The van der Waals surface area contributed by atoms with Crippen LogP contribution in [0.15, 0.2) is 59.2 Å². The second-order valence-corrected chi connectivity index (χ2v) is 8.47. The van der Waals surface area contributed by atoms with Crippen molar-refractivity contribution in [3.05, 3.63) is 70.3 Å². The van der Waals surface area contributed by atoms with Gasteiger partial charge in [0.15, 0.2) is 6.61 Å². The lowest BCUT2D eigenvalue weighted by atomic mass is 9.86. The molecule has 1 heterocycles. The summed E-state index contributed by atoms with van der Waals surface area (Å²) in [4.78, 5) is 21.6. The van der Waals surface area contributed by atoms with E-state index in [1.165, 1.54) is 6.20 Å². The van der Waals surface area contributed by atoms with Crippen LogP contribution in [0.5, 0.6) is 5.88 Å². The summed E-state index contributed by atoms with van der Waals surface area (Å²) in [5, 5.41) is 28.3. The molecule has 35 heavy (non-hydrogen) atoms. The van der Waals surface area contributed by atoms with Gasteiger partial charge < -0.3 is 30.7 Å². The smallest absolute Gasteiger partial charge is 0.374 e. The van der Waals surface area contributed by atoms with Crippen LogP contribution >= 0.6 is 15.9 Å². The number of benzene rings is 2. The summed E-state index contributed by atoms with van der Waals surface area (Å²) in [6.07, 6.45) is 7.15. The first-order valence-corrected chi connectivity index (χ1v) is 11.6. The van der Waals surface area contributed by atoms with Gasteiger partial charge in [0.2, 0.25) is 17.7 Å². The Morgan fingerprint density at radius 1 is 1.23 bits per heavy atom. The fraction of sp³-hybridized carbons (Fsp3) is 0.208. The molecule has 1 aromatic heterocycles. The second-order valence-electron chi connectivity index (χ2n) is 7.62. The number of amides is 1. The van der Waals surface area contributed by atoms with Gasteiger partial charge in [-0.15, -0.1) is 6.42 Å². The quantitative estimate of drug-likeness (QED) is 0.186. The minimum atomic E-state index is -0.879. The maximum atomic E-state index is 13.1. The molecule has 2 aromatic carbocycles. The van der Waals surface area contributed by atoms with Crippen LogP contribution in [0.3, 0.4) is 0 Å². The van der Waals surface area contributed by atoms with Crippen molar-refractivity contribution >= 4 is 46.2 Å². The van der Waals surface area contributed by atoms with Gasteiger partial charge in [0.25, 0.3) is 0 Å². The van der Waals surface area contributed by atoms with E-state index in [0.29, 0.717) is 27.8 Å². The Morgan fingerprint density at radius 2 is 1.97 bits per heavy atom. The summed E-state index contributed by atoms with van der Waals surface area (Å²) in [6, 6.07) is 13.9. The first-order valence-electron chi connectivity index (χ1n) is 10.8. The highest BCUT2D eigenvalue weighted by Gasteiger charge is 2.22. The molecule has 0 bridgehead atoms. The van der Waals surface area contributed by atoms with Gasteiger partial charge >= 0.3 is 7.05 Å². The van der Waals surface area contributed by atoms with Gasteiger partial charge in [0, 0.05) is 11.4 Å². The first kappa shape index (κ1) is 26.2. The van der Waals surface area contributed by atoms with E-state index in [4.69, 9.17) is 11.2 Å². The number of halogens is 1. The van der Waals surface area contributed by atoms with Crippen molar-refractivity contribution in [1.82, 2.24) is 15.2 Å². The molecule has 0 saturated heterocycles. The number of hydrogen-bond donors (Lipinski definition) is 5. The molecule has 0 saturated carbocycles. The Hall–Kier alpha value is -3.43. The number of aromatic nitrogens is 2. The molecule has 1 amide bonds. The number of rotatable bonds is 11. The topological polar surface area (TPSA) is 129 Å². The van der Waals surface area contributed by atoms with Crippen molar-refractivity contribution in [2.24, 2.45) is 0 Å². The summed E-state index contributed by atoms with van der Waals surface area (Å²) in [5.74, 6) is 2.56. The average molecular weight is 538 g/mol. The summed E-state index contributed by atoms with van der Waals surface area (Å²) < 4.78 is 5.94. The molecule has 1 atom stereocenters. The van der Waals surface area contributed by atoms with Gasteiger partial charge in [-0.05, 0) is 58.5 Å². The molecule has 9 nitrogen and oxygen atoms in total. The predicted molar refractivity (Wildman–Crippen MR) is 139 cm³/mol. The zero-order chi connectivity index (χ0) is 25.2. The third-order valence-electron chi connectivity index (χ3n) is 4.74. The van der Waals surface area contributed by atoms with E-state index >= 15 is 0 Å². The maximum Gasteiger partial charge on any atom is 0.374 e. The Balaban J connectivity index is 1.79. The van der Waals surface area contributed by atoms with Crippen LogP contribution in [0.2, 0.25) is 6.82 Å². The van der Waals surface area contributed by atoms with Crippen LogP contribution in [0.25, 0.3) is 0 Å². The molecule has 3 aromatic rings. The SMILES string of the molecule is C#CCOc1nc(Nc2cc(CO)cc(NC(=O)[C@@H](Cc3ccccc3)NB(C)O)c2)ncc1Br. The molecular formula is C24H25BBrN5O4. The molecule has 0 aliphatic carbocycles. The third kappa shape index (κ3) is 8.08. The molecule has 5 N–H and O–H groups in total. The number of nitrogens with one attached hydrogen (secondary N) is 3. The lowest BCUT2D eigenvalue weighted by Crippen LogP contribution is -2.48. The van der Waals surface area contributed by atoms with E-state index in [0.717, 1.165) is 5.56 Å². The lowest BCUT2D eigenvalue weighted by molar-refractivity contribution is -0.117. The number of hydrogen-bond acceptors (Lipinski definition) is 8. The van der Waals surface area contributed by atoms with E-state index in [1.54, 1.807) is 25.0 Å². The zero-order valence-corrected chi connectivity index (χ0v) is 20.6. The highest BCUT2D eigenvalue weighted by Crippen LogP contribution is 2.26. The monoisotopic (exact) mass is 537 g/mol. The normalized spacial score (nSPS) is 11.3. The minimum Gasteiger partial charge on any atom is -0.464 e. The molecule has 0 spiro atoms. The number of aliphatic hydroxyl groups excluding tert-OH is 1. The number of carbonyl (C=O) groups is 1. The number of carbonyl (C=O) groups excluding carboxylic acids is 1. The number of anilines is 3. The first-order chi connectivity index (χ1) is 16.9. The fourth-order valence-corrected chi connectivity index (χ4v) is 3.58. The van der Waals surface area contributed by atoms with Gasteiger partial charge in [0.05, 0.1) is 23.3 Å². The van der Waals surface area contributed by atoms with E-state index in [2.05, 4.69) is 47.7 Å². The van der Waals surface area contributed by atoms with Crippen molar-refractivity contribution < 1.29 is 19.7 Å².